The maximum absolute atomic E-state index is 12.6. The quantitative estimate of drug-likeness (QED) is 0.581. The smallest absolute Gasteiger partial charge is 0.338 e. The molecule has 1 unspecified atom stereocenters. The van der Waals surface area contributed by atoms with E-state index in [0.717, 1.165) is 11.1 Å². The molecule has 0 saturated heterocycles. The molecule has 9 nitrogen and oxygen atoms in total. The highest BCUT2D eigenvalue weighted by atomic mass is 16.5. The fourth-order valence-corrected chi connectivity index (χ4v) is 3.51. The van der Waals surface area contributed by atoms with Gasteiger partial charge in [-0.1, -0.05) is 41.5 Å². The average Bonchev–Trinajstić information content (AvgIpc) is 3.25. The van der Waals surface area contributed by atoms with Gasteiger partial charge in [-0.15, -0.1) is 0 Å². The highest BCUT2D eigenvalue weighted by Crippen LogP contribution is 2.38. The number of ether oxygens (including phenoxy) is 3. The first-order valence-corrected chi connectivity index (χ1v) is 9.89. The predicted octanol–water partition coefficient (Wildman–Crippen LogP) is 3.11. The summed E-state index contributed by atoms with van der Waals surface area (Å²) in [5, 5.41) is 14.8. The number of tetrazole rings is 1. The molecular formula is C22H23N5O4. The van der Waals surface area contributed by atoms with Crippen molar-refractivity contribution < 1.29 is 19.0 Å². The van der Waals surface area contributed by atoms with Gasteiger partial charge in [-0.3, -0.25) is 0 Å². The van der Waals surface area contributed by atoms with Gasteiger partial charge in [0.2, 0.25) is 5.95 Å². The van der Waals surface area contributed by atoms with E-state index in [4.69, 9.17) is 14.2 Å². The number of hydrogen-bond donors (Lipinski definition) is 1. The average molecular weight is 421 g/mol. The first-order chi connectivity index (χ1) is 15.1. The lowest BCUT2D eigenvalue weighted by Crippen LogP contribution is -2.29. The van der Waals surface area contributed by atoms with Crippen molar-refractivity contribution in [2.45, 2.75) is 26.5 Å². The number of hydrogen-bond acceptors (Lipinski definition) is 8. The van der Waals surface area contributed by atoms with Crippen LogP contribution in [0.3, 0.4) is 0 Å². The van der Waals surface area contributed by atoms with E-state index in [-0.39, 0.29) is 0 Å². The van der Waals surface area contributed by atoms with Crippen molar-refractivity contribution in [1.29, 1.82) is 0 Å². The van der Waals surface area contributed by atoms with E-state index in [1.807, 2.05) is 55.5 Å². The Hall–Kier alpha value is -3.88. The minimum atomic E-state index is -0.568. The summed E-state index contributed by atoms with van der Waals surface area (Å²) in [5.74, 6) is 1.17. The van der Waals surface area contributed by atoms with Crippen molar-refractivity contribution in [2.24, 2.45) is 0 Å². The van der Waals surface area contributed by atoms with Gasteiger partial charge >= 0.3 is 5.97 Å². The zero-order valence-electron chi connectivity index (χ0n) is 17.5. The summed E-state index contributed by atoms with van der Waals surface area (Å²) >= 11 is 0. The van der Waals surface area contributed by atoms with Crippen molar-refractivity contribution in [3.8, 4) is 11.5 Å². The molecule has 0 amide bonds. The van der Waals surface area contributed by atoms with E-state index in [2.05, 4.69) is 20.8 Å². The zero-order valence-corrected chi connectivity index (χ0v) is 17.5. The lowest BCUT2D eigenvalue weighted by Gasteiger charge is -2.27. The summed E-state index contributed by atoms with van der Waals surface area (Å²) < 4.78 is 18.4. The van der Waals surface area contributed by atoms with Gasteiger partial charge < -0.3 is 19.5 Å². The Morgan fingerprint density at radius 2 is 1.94 bits per heavy atom. The normalized spacial score (nSPS) is 15.1. The molecule has 160 valence electrons. The van der Waals surface area contributed by atoms with Crippen molar-refractivity contribution in [1.82, 2.24) is 20.2 Å². The number of rotatable bonds is 7. The molecule has 0 saturated carbocycles. The second-order valence-electron chi connectivity index (χ2n) is 6.92. The number of fused-ring (bicyclic) bond motifs is 1. The molecule has 0 fully saturated rings. The fraction of sp³-hybridized carbons (Fsp3) is 0.273. The number of carbonyl (C=O) groups is 1. The minimum absolute atomic E-state index is 0.414. The zero-order chi connectivity index (χ0) is 21.8. The lowest BCUT2D eigenvalue weighted by atomic mass is 9.95. The number of methoxy groups -OCH3 is 1. The standard InChI is InChI=1S/C22H23N5O4/c1-4-30-18-12-16(10-11-17(18)31-13-15-8-6-5-7-9-15)20-19(21(28)29-3)14(2)23-22-24-25-26-27(20)22/h5-12,20H,4,13H2,1-3H3,(H,23,24,26). The van der Waals surface area contributed by atoms with Gasteiger partial charge in [-0.25, -0.2) is 4.79 Å². The van der Waals surface area contributed by atoms with Crippen LogP contribution < -0.4 is 14.8 Å². The molecule has 4 rings (SSSR count). The lowest BCUT2D eigenvalue weighted by molar-refractivity contribution is -0.136. The predicted molar refractivity (Wildman–Crippen MR) is 113 cm³/mol. The topological polar surface area (TPSA) is 100 Å². The van der Waals surface area contributed by atoms with Crippen LogP contribution in [0, 0.1) is 0 Å². The third-order valence-corrected chi connectivity index (χ3v) is 4.94. The monoisotopic (exact) mass is 421 g/mol. The summed E-state index contributed by atoms with van der Waals surface area (Å²) in [6.45, 7) is 4.57. The number of esters is 1. The molecule has 1 atom stereocenters. The molecule has 2 heterocycles. The van der Waals surface area contributed by atoms with Crippen molar-refractivity contribution in [2.75, 3.05) is 19.0 Å². The largest absolute Gasteiger partial charge is 0.490 e. The second kappa shape index (κ2) is 8.86. The number of benzene rings is 2. The molecular weight excluding hydrogens is 398 g/mol. The van der Waals surface area contributed by atoms with Crippen molar-refractivity contribution >= 4 is 11.9 Å². The van der Waals surface area contributed by atoms with Crippen LogP contribution in [0.15, 0.2) is 59.8 Å². The molecule has 0 aliphatic carbocycles. The molecule has 1 aliphatic heterocycles. The molecule has 1 aromatic heterocycles. The number of nitrogens with one attached hydrogen (secondary N) is 1. The number of aromatic nitrogens is 4. The first-order valence-electron chi connectivity index (χ1n) is 9.89. The molecule has 0 radical (unpaired) electrons. The summed E-state index contributed by atoms with van der Waals surface area (Å²) in [6, 6.07) is 14.9. The molecule has 31 heavy (non-hydrogen) atoms. The van der Waals surface area contributed by atoms with Crippen LogP contribution in [-0.4, -0.2) is 39.9 Å². The molecule has 1 aliphatic rings. The van der Waals surface area contributed by atoms with Gasteiger partial charge in [0, 0.05) is 5.70 Å². The van der Waals surface area contributed by atoms with Gasteiger partial charge in [0.1, 0.15) is 12.6 Å². The van der Waals surface area contributed by atoms with Crippen LogP contribution in [0.1, 0.15) is 31.0 Å². The van der Waals surface area contributed by atoms with Crippen LogP contribution in [0.25, 0.3) is 0 Å². The molecule has 9 heteroatoms. The highest BCUT2D eigenvalue weighted by molar-refractivity contribution is 5.92. The Kier molecular flexibility index (Phi) is 5.83. The molecule has 3 aromatic rings. The van der Waals surface area contributed by atoms with E-state index in [1.165, 1.54) is 7.11 Å². The number of allylic oxidation sites excluding steroid dienone is 1. The summed E-state index contributed by atoms with van der Waals surface area (Å²) in [4.78, 5) is 12.6. The minimum Gasteiger partial charge on any atom is -0.490 e. The Morgan fingerprint density at radius 3 is 2.68 bits per heavy atom. The second-order valence-corrected chi connectivity index (χ2v) is 6.92. The van der Waals surface area contributed by atoms with E-state index >= 15 is 0 Å². The molecule has 0 bridgehead atoms. The molecule has 1 N–H and O–H groups in total. The summed E-state index contributed by atoms with van der Waals surface area (Å²) in [7, 11) is 1.35. The third-order valence-electron chi connectivity index (χ3n) is 4.94. The molecule has 0 spiro atoms. The number of anilines is 1. The number of nitrogens with zero attached hydrogens (tertiary/aromatic N) is 4. The van der Waals surface area contributed by atoms with E-state index < -0.39 is 12.0 Å². The van der Waals surface area contributed by atoms with E-state index in [0.29, 0.717) is 41.9 Å². The van der Waals surface area contributed by atoms with Crippen molar-refractivity contribution in [3.05, 3.63) is 70.9 Å². The van der Waals surface area contributed by atoms with Gasteiger partial charge in [0.05, 0.1) is 19.3 Å². The maximum atomic E-state index is 12.6. The van der Waals surface area contributed by atoms with Gasteiger partial charge in [0.15, 0.2) is 11.5 Å². The van der Waals surface area contributed by atoms with E-state index in [9.17, 15) is 4.79 Å². The Balaban J connectivity index is 1.71. The SMILES string of the molecule is CCOc1cc(C2C(C(=O)OC)=C(C)Nc3nnnn32)ccc1OCc1ccccc1. The Labute approximate surface area is 179 Å². The van der Waals surface area contributed by atoms with E-state index in [1.54, 1.807) is 11.6 Å². The first kappa shape index (κ1) is 20.4. The fourth-order valence-electron chi connectivity index (χ4n) is 3.51. The number of carbonyl (C=O) groups excluding carboxylic acids is 1. The van der Waals surface area contributed by atoms with Crippen LogP contribution in [0.5, 0.6) is 11.5 Å². The van der Waals surface area contributed by atoms with Gasteiger partial charge in [-0.05, 0) is 47.5 Å². The summed E-state index contributed by atoms with van der Waals surface area (Å²) in [5.41, 5.74) is 2.87. The van der Waals surface area contributed by atoms with Crippen LogP contribution in [0.4, 0.5) is 5.95 Å². The van der Waals surface area contributed by atoms with Crippen LogP contribution in [0.2, 0.25) is 0 Å². The molecule has 2 aromatic carbocycles. The maximum Gasteiger partial charge on any atom is 0.338 e. The Morgan fingerprint density at radius 1 is 1.13 bits per heavy atom. The third kappa shape index (κ3) is 4.07. The summed E-state index contributed by atoms with van der Waals surface area (Å²) in [6.07, 6.45) is 0. The van der Waals surface area contributed by atoms with Crippen LogP contribution in [-0.2, 0) is 16.1 Å². The highest BCUT2D eigenvalue weighted by Gasteiger charge is 2.35. The van der Waals surface area contributed by atoms with Crippen molar-refractivity contribution in [3.63, 3.8) is 0 Å². The Bertz CT molecular complexity index is 1110. The van der Waals surface area contributed by atoms with Crippen LogP contribution >= 0.6 is 0 Å². The van der Waals surface area contributed by atoms with Gasteiger partial charge in [-0.2, -0.15) is 4.68 Å². The van der Waals surface area contributed by atoms with Gasteiger partial charge in [0.25, 0.3) is 0 Å².